The van der Waals surface area contributed by atoms with Gasteiger partial charge in [-0.25, -0.2) is 0 Å². The first-order chi connectivity index (χ1) is 10.0. The summed E-state index contributed by atoms with van der Waals surface area (Å²) in [5, 5.41) is 4.63. The fourth-order valence-electron chi connectivity index (χ4n) is 2.23. The first-order valence-corrected chi connectivity index (χ1v) is 6.89. The molecular weight excluding hydrogens is 286 g/mol. The van der Waals surface area contributed by atoms with Crippen LogP contribution in [0.2, 0.25) is 5.02 Å². The summed E-state index contributed by atoms with van der Waals surface area (Å²) in [5.41, 5.74) is 10.4. The Hall–Kier alpha value is -2.33. The van der Waals surface area contributed by atoms with Gasteiger partial charge in [-0.1, -0.05) is 35.0 Å². The fourth-order valence-corrected chi connectivity index (χ4v) is 2.42. The molecule has 0 fully saturated rings. The van der Waals surface area contributed by atoms with Gasteiger partial charge in [-0.2, -0.15) is 4.98 Å². The number of hydrogen-bond donors (Lipinski definition) is 1. The molecule has 0 saturated carbocycles. The monoisotopic (exact) mass is 299 g/mol. The molecule has 0 unspecified atom stereocenters. The quantitative estimate of drug-likeness (QED) is 0.718. The summed E-state index contributed by atoms with van der Waals surface area (Å²) < 4.78 is 5.35. The summed E-state index contributed by atoms with van der Waals surface area (Å²) >= 11 is 5.98. The van der Waals surface area contributed by atoms with Crippen molar-refractivity contribution in [2.24, 2.45) is 0 Å². The Kier molecular flexibility index (Phi) is 3.39. The minimum atomic E-state index is 0.411. The molecule has 1 aromatic heterocycles. The van der Waals surface area contributed by atoms with Crippen molar-refractivity contribution in [3.05, 3.63) is 52.5 Å². The summed E-state index contributed by atoms with van der Waals surface area (Å²) in [6, 6.07) is 11.3. The molecule has 3 aromatic rings. The van der Waals surface area contributed by atoms with Gasteiger partial charge in [-0.15, -0.1) is 0 Å². The van der Waals surface area contributed by atoms with E-state index in [-0.39, 0.29) is 0 Å². The van der Waals surface area contributed by atoms with E-state index < -0.39 is 0 Å². The van der Waals surface area contributed by atoms with Gasteiger partial charge < -0.3 is 10.3 Å². The second-order valence-corrected chi connectivity index (χ2v) is 5.41. The highest BCUT2D eigenvalue weighted by Crippen LogP contribution is 2.30. The van der Waals surface area contributed by atoms with Crippen molar-refractivity contribution in [2.45, 2.75) is 13.8 Å². The highest BCUT2D eigenvalue weighted by molar-refractivity contribution is 6.30. The summed E-state index contributed by atoms with van der Waals surface area (Å²) in [5.74, 6) is 0.903. The lowest BCUT2D eigenvalue weighted by atomic mass is 10.0. The van der Waals surface area contributed by atoms with Gasteiger partial charge in [0.2, 0.25) is 5.82 Å². The lowest BCUT2D eigenvalue weighted by Crippen LogP contribution is -1.95. The second kappa shape index (κ2) is 5.22. The molecule has 0 aliphatic heterocycles. The Morgan fingerprint density at radius 3 is 2.71 bits per heavy atom. The van der Waals surface area contributed by atoms with E-state index in [9.17, 15) is 0 Å². The highest BCUT2D eigenvalue weighted by Gasteiger charge is 2.14. The molecule has 0 radical (unpaired) electrons. The van der Waals surface area contributed by atoms with Gasteiger partial charge in [-0.05, 0) is 43.2 Å². The van der Waals surface area contributed by atoms with Crippen LogP contribution in [0.5, 0.6) is 0 Å². The van der Waals surface area contributed by atoms with Crippen molar-refractivity contribution in [3.63, 3.8) is 0 Å². The van der Waals surface area contributed by atoms with Gasteiger partial charge in [0.1, 0.15) is 0 Å². The highest BCUT2D eigenvalue weighted by atomic mass is 35.5. The Morgan fingerprint density at radius 2 is 1.95 bits per heavy atom. The molecule has 0 amide bonds. The molecule has 4 nitrogen and oxygen atoms in total. The molecule has 0 spiro atoms. The maximum atomic E-state index is 6.11. The normalized spacial score (nSPS) is 10.8. The van der Waals surface area contributed by atoms with E-state index in [0.29, 0.717) is 22.4 Å². The van der Waals surface area contributed by atoms with E-state index in [4.69, 9.17) is 21.9 Å². The maximum Gasteiger partial charge on any atom is 0.260 e. The van der Waals surface area contributed by atoms with Gasteiger partial charge in [0, 0.05) is 16.3 Å². The summed E-state index contributed by atoms with van der Waals surface area (Å²) in [6.07, 6.45) is 0. The zero-order valence-electron chi connectivity index (χ0n) is 11.7. The van der Waals surface area contributed by atoms with Crippen molar-refractivity contribution in [2.75, 3.05) is 5.73 Å². The van der Waals surface area contributed by atoms with Gasteiger partial charge in [-0.3, -0.25) is 0 Å². The molecule has 2 N–H and O–H groups in total. The largest absolute Gasteiger partial charge is 0.398 e. The number of nitrogens with zero attached hydrogens (tertiary/aromatic N) is 2. The van der Waals surface area contributed by atoms with Crippen LogP contribution < -0.4 is 5.73 Å². The van der Waals surface area contributed by atoms with Crippen LogP contribution in [0.25, 0.3) is 22.8 Å². The molecule has 2 aromatic carbocycles. The Balaban J connectivity index is 2.07. The Bertz CT molecular complexity index is 811. The summed E-state index contributed by atoms with van der Waals surface area (Å²) in [4.78, 5) is 4.42. The van der Waals surface area contributed by atoms with Crippen molar-refractivity contribution in [1.29, 1.82) is 0 Å². The van der Waals surface area contributed by atoms with Crippen molar-refractivity contribution in [3.8, 4) is 22.8 Å². The second-order valence-electron chi connectivity index (χ2n) is 4.98. The lowest BCUT2D eigenvalue weighted by molar-refractivity contribution is 0.432. The molecular formula is C16H14ClN3O. The first-order valence-electron chi connectivity index (χ1n) is 6.51. The zero-order chi connectivity index (χ0) is 15.0. The third kappa shape index (κ3) is 2.62. The molecule has 0 bridgehead atoms. The molecule has 3 rings (SSSR count). The van der Waals surface area contributed by atoms with Crippen LogP contribution in [-0.2, 0) is 0 Å². The fraction of sp³-hybridized carbons (Fsp3) is 0.125. The molecule has 0 atom stereocenters. The Morgan fingerprint density at radius 1 is 1.14 bits per heavy atom. The Labute approximate surface area is 127 Å². The van der Waals surface area contributed by atoms with E-state index in [1.807, 2.05) is 38.1 Å². The van der Waals surface area contributed by atoms with E-state index >= 15 is 0 Å². The molecule has 0 aliphatic carbocycles. The van der Waals surface area contributed by atoms with Crippen LogP contribution in [0.1, 0.15) is 11.1 Å². The number of aromatic nitrogens is 2. The molecule has 1 heterocycles. The van der Waals surface area contributed by atoms with Gasteiger partial charge in [0.05, 0.1) is 5.56 Å². The van der Waals surface area contributed by atoms with Crippen LogP contribution in [-0.4, -0.2) is 10.1 Å². The number of halogens is 1. The van der Waals surface area contributed by atoms with Crippen molar-refractivity contribution in [1.82, 2.24) is 10.1 Å². The van der Waals surface area contributed by atoms with E-state index in [1.54, 1.807) is 12.1 Å². The van der Waals surface area contributed by atoms with Crippen LogP contribution in [0.3, 0.4) is 0 Å². The van der Waals surface area contributed by atoms with E-state index in [1.165, 1.54) is 0 Å². The number of rotatable bonds is 2. The molecule has 5 heteroatoms. The standard InChI is InChI=1S/C16H14ClN3O/c1-9-6-10(2)14(18)13(7-9)16-19-15(20-21-16)11-4-3-5-12(17)8-11/h3-8H,18H2,1-2H3. The average Bonchev–Trinajstić information content (AvgIpc) is 2.92. The molecule has 0 saturated heterocycles. The van der Waals surface area contributed by atoms with Crippen LogP contribution in [0.15, 0.2) is 40.9 Å². The van der Waals surface area contributed by atoms with Gasteiger partial charge >= 0.3 is 0 Å². The van der Waals surface area contributed by atoms with Crippen LogP contribution in [0.4, 0.5) is 5.69 Å². The average molecular weight is 300 g/mol. The predicted octanol–water partition coefficient (Wildman–Crippen LogP) is 4.26. The first kappa shape index (κ1) is 13.6. The zero-order valence-corrected chi connectivity index (χ0v) is 12.5. The minimum Gasteiger partial charge on any atom is -0.398 e. The third-order valence-electron chi connectivity index (χ3n) is 3.27. The smallest absolute Gasteiger partial charge is 0.260 e. The number of benzene rings is 2. The molecule has 0 aliphatic rings. The summed E-state index contributed by atoms with van der Waals surface area (Å²) in [6.45, 7) is 3.96. The lowest BCUT2D eigenvalue weighted by Gasteiger charge is -2.06. The number of aryl methyl sites for hydroxylation is 2. The van der Waals surface area contributed by atoms with E-state index in [2.05, 4.69) is 10.1 Å². The van der Waals surface area contributed by atoms with Gasteiger partial charge in [0.15, 0.2) is 0 Å². The molecule has 106 valence electrons. The SMILES string of the molecule is Cc1cc(C)c(N)c(-c2nc(-c3cccc(Cl)c3)no2)c1. The maximum absolute atomic E-state index is 6.11. The topological polar surface area (TPSA) is 64.9 Å². The van der Waals surface area contributed by atoms with Crippen molar-refractivity contribution >= 4 is 17.3 Å². The molecule has 21 heavy (non-hydrogen) atoms. The van der Waals surface area contributed by atoms with E-state index in [0.717, 1.165) is 22.3 Å². The van der Waals surface area contributed by atoms with Gasteiger partial charge in [0.25, 0.3) is 5.89 Å². The van der Waals surface area contributed by atoms with Crippen molar-refractivity contribution < 1.29 is 4.52 Å². The number of hydrogen-bond acceptors (Lipinski definition) is 4. The summed E-state index contributed by atoms with van der Waals surface area (Å²) in [7, 11) is 0. The van der Waals surface area contributed by atoms with Crippen LogP contribution >= 0.6 is 11.6 Å². The predicted molar refractivity (Wildman–Crippen MR) is 84.1 cm³/mol. The van der Waals surface area contributed by atoms with Crippen LogP contribution in [0, 0.1) is 13.8 Å². The number of nitrogen functional groups attached to an aromatic ring is 1. The third-order valence-corrected chi connectivity index (χ3v) is 3.51. The minimum absolute atomic E-state index is 0.411. The number of nitrogens with two attached hydrogens (primary N) is 1. The number of anilines is 1.